The van der Waals surface area contributed by atoms with E-state index in [1.165, 1.54) is 0 Å². The second-order valence-corrected chi connectivity index (χ2v) is 4.94. The summed E-state index contributed by atoms with van der Waals surface area (Å²) in [5, 5.41) is 8.41. The molecular weight excluding hydrogens is 258 g/mol. The van der Waals surface area contributed by atoms with Gasteiger partial charge in [0.2, 0.25) is 0 Å². The number of anilines is 1. The van der Waals surface area contributed by atoms with Crippen LogP contribution in [-0.2, 0) is 6.54 Å². The molecular formula is C15H14ClN3. The number of pyridine rings is 1. The van der Waals surface area contributed by atoms with Gasteiger partial charge < -0.3 is 5.32 Å². The first kappa shape index (κ1) is 12.1. The fourth-order valence-electron chi connectivity index (χ4n) is 2.08. The number of halogens is 1. The van der Waals surface area contributed by atoms with E-state index in [2.05, 4.69) is 16.5 Å². The molecule has 0 saturated heterocycles. The van der Waals surface area contributed by atoms with E-state index in [9.17, 15) is 0 Å². The second kappa shape index (κ2) is 4.94. The predicted molar refractivity (Wildman–Crippen MR) is 78.7 cm³/mol. The van der Waals surface area contributed by atoms with Crippen LogP contribution in [0.25, 0.3) is 5.52 Å². The number of fused-ring (bicyclic) bond motifs is 1. The number of aromatic nitrogens is 2. The number of nitrogens with zero attached hydrogens (tertiary/aromatic N) is 2. The van der Waals surface area contributed by atoms with Gasteiger partial charge in [-0.2, -0.15) is 5.10 Å². The molecule has 0 aliphatic rings. The SMILES string of the molecule is Cc1ccc(NCc2cnn3ccccc23)c(Cl)c1. The smallest absolute Gasteiger partial charge is 0.0711 e. The highest BCUT2D eigenvalue weighted by atomic mass is 35.5. The lowest BCUT2D eigenvalue weighted by molar-refractivity contribution is 0.961. The van der Waals surface area contributed by atoms with Crippen LogP contribution in [0.1, 0.15) is 11.1 Å². The summed E-state index contributed by atoms with van der Waals surface area (Å²) in [6, 6.07) is 12.0. The zero-order chi connectivity index (χ0) is 13.2. The molecule has 0 bridgehead atoms. The number of rotatable bonds is 3. The lowest BCUT2D eigenvalue weighted by Gasteiger charge is -2.08. The van der Waals surface area contributed by atoms with Gasteiger partial charge in [-0.05, 0) is 36.8 Å². The summed E-state index contributed by atoms with van der Waals surface area (Å²) in [6.45, 7) is 2.73. The van der Waals surface area contributed by atoms with Crippen molar-refractivity contribution in [1.82, 2.24) is 9.61 Å². The summed E-state index contributed by atoms with van der Waals surface area (Å²) in [5.41, 5.74) is 4.37. The third-order valence-corrected chi connectivity index (χ3v) is 3.41. The van der Waals surface area contributed by atoms with Crippen molar-refractivity contribution in [2.45, 2.75) is 13.5 Å². The molecule has 4 heteroatoms. The molecule has 0 unspecified atom stereocenters. The van der Waals surface area contributed by atoms with Crippen LogP contribution < -0.4 is 5.32 Å². The highest BCUT2D eigenvalue weighted by Crippen LogP contribution is 2.23. The summed E-state index contributed by atoms with van der Waals surface area (Å²) in [5.74, 6) is 0. The zero-order valence-electron chi connectivity index (χ0n) is 10.6. The monoisotopic (exact) mass is 271 g/mol. The molecule has 3 aromatic rings. The normalized spacial score (nSPS) is 10.8. The van der Waals surface area contributed by atoms with Crippen molar-refractivity contribution in [2.24, 2.45) is 0 Å². The molecule has 2 aromatic heterocycles. The largest absolute Gasteiger partial charge is 0.380 e. The van der Waals surface area contributed by atoms with Crippen LogP contribution in [0.5, 0.6) is 0 Å². The van der Waals surface area contributed by atoms with Crippen LogP contribution in [0.2, 0.25) is 5.02 Å². The van der Waals surface area contributed by atoms with Crippen LogP contribution >= 0.6 is 11.6 Å². The van der Waals surface area contributed by atoms with Crippen molar-refractivity contribution >= 4 is 22.8 Å². The van der Waals surface area contributed by atoms with E-state index in [4.69, 9.17) is 11.6 Å². The Morgan fingerprint density at radius 3 is 3.00 bits per heavy atom. The van der Waals surface area contributed by atoms with Gasteiger partial charge in [-0.1, -0.05) is 23.7 Å². The molecule has 96 valence electrons. The third-order valence-electron chi connectivity index (χ3n) is 3.10. The third kappa shape index (κ3) is 2.42. The van der Waals surface area contributed by atoms with E-state index < -0.39 is 0 Å². The fourth-order valence-corrected chi connectivity index (χ4v) is 2.38. The summed E-state index contributed by atoms with van der Waals surface area (Å²) < 4.78 is 1.87. The van der Waals surface area contributed by atoms with Crippen LogP contribution in [0.3, 0.4) is 0 Å². The van der Waals surface area contributed by atoms with E-state index in [1.54, 1.807) is 0 Å². The molecule has 2 heterocycles. The first-order valence-corrected chi connectivity index (χ1v) is 6.53. The molecule has 0 amide bonds. The Kier molecular flexibility index (Phi) is 3.13. The van der Waals surface area contributed by atoms with Gasteiger partial charge in [-0.3, -0.25) is 0 Å². The standard InChI is InChI=1S/C15H14ClN3/c1-11-5-6-14(13(16)8-11)17-9-12-10-18-19-7-3-2-4-15(12)19/h2-8,10,17H,9H2,1H3. The Hall–Kier alpha value is -2.00. The Balaban J connectivity index is 1.82. The van der Waals surface area contributed by atoms with Gasteiger partial charge >= 0.3 is 0 Å². The number of hydrogen-bond donors (Lipinski definition) is 1. The maximum absolute atomic E-state index is 6.20. The minimum atomic E-state index is 0.705. The molecule has 19 heavy (non-hydrogen) atoms. The molecule has 3 nitrogen and oxygen atoms in total. The molecule has 0 spiro atoms. The number of hydrogen-bond acceptors (Lipinski definition) is 2. The van der Waals surface area contributed by atoms with Crippen molar-refractivity contribution in [3.05, 3.63) is 64.9 Å². The van der Waals surface area contributed by atoms with E-state index in [-0.39, 0.29) is 0 Å². The highest BCUT2D eigenvalue weighted by Gasteiger charge is 2.04. The van der Waals surface area contributed by atoms with Gasteiger partial charge in [-0.15, -0.1) is 0 Å². The quantitative estimate of drug-likeness (QED) is 0.783. The summed E-state index contributed by atoms with van der Waals surface area (Å²) in [4.78, 5) is 0. The number of benzene rings is 1. The molecule has 1 aromatic carbocycles. The van der Waals surface area contributed by atoms with Gasteiger partial charge in [0.25, 0.3) is 0 Å². The Morgan fingerprint density at radius 1 is 1.26 bits per heavy atom. The zero-order valence-corrected chi connectivity index (χ0v) is 11.4. The molecule has 0 radical (unpaired) electrons. The minimum Gasteiger partial charge on any atom is -0.380 e. The summed E-state index contributed by atoms with van der Waals surface area (Å²) in [6.07, 6.45) is 3.82. The fraction of sp³-hybridized carbons (Fsp3) is 0.133. The van der Waals surface area contributed by atoms with E-state index >= 15 is 0 Å². The van der Waals surface area contributed by atoms with E-state index in [0.717, 1.165) is 27.4 Å². The first-order chi connectivity index (χ1) is 9.24. The molecule has 0 aliphatic heterocycles. The number of aryl methyl sites for hydroxylation is 1. The van der Waals surface area contributed by atoms with Crippen molar-refractivity contribution < 1.29 is 0 Å². The Labute approximate surface area is 116 Å². The average molecular weight is 272 g/mol. The van der Waals surface area contributed by atoms with Crippen LogP contribution in [-0.4, -0.2) is 9.61 Å². The maximum Gasteiger partial charge on any atom is 0.0711 e. The first-order valence-electron chi connectivity index (χ1n) is 6.15. The predicted octanol–water partition coefficient (Wildman–Crippen LogP) is 3.91. The van der Waals surface area contributed by atoms with E-state index in [1.807, 2.05) is 54.2 Å². The molecule has 0 fully saturated rings. The molecule has 3 rings (SSSR count). The average Bonchev–Trinajstić information content (AvgIpc) is 2.81. The van der Waals surface area contributed by atoms with Crippen molar-refractivity contribution in [2.75, 3.05) is 5.32 Å². The van der Waals surface area contributed by atoms with Gasteiger partial charge in [0.1, 0.15) is 0 Å². The van der Waals surface area contributed by atoms with Crippen LogP contribution in [0, 0.1) is 6.92 Å². The highest BCUT2D eigenvalue weighted by molar-refractivity contribution is 6.33. The molecule has 0 saturated carbocycles. The Morgan fingerprint density at radius 2 is 2.16 bits per heavy atom. The lowest BCUT2D eigenvalue weighted by atomic mass is 10.2. The van der Waals surface area contributed by atoms with Gasteiger partial charge in [0, 0.05) is 18.3 Å². The number of nitrogens with one attached hydrogen (secondary N) is 1. The van der Waals surface area contributed by atoms with E-state index in [0.29, 0.717) is 6.54 Å². The minimum absolute atomic E-state index is 0.705. The van der Waals surface area contributed by atoms with Gasteiger partial charge in [-0.25, -0.2) is 4.52 Å². The molecule has 0 atom stereocenters. The van der Waals surface area contributed by atoms with Gasteiger partial charge in [0.15, 0.2) is 0 Å². The van der Waals surface area contributed by atoms with Gasteiger partial charge in [0.05, 0.1) is 22.4 Å². The second-order valence-electron chi connectivity index (χ2n) is 4.54. The molecule has 1 N–H and O–H groups in total. The Bertz CT molecular complexity index is 718. The van der Waals surface area contributed by atoms with Crippen LogP contribution in [0.15, 0.2) is 48.8 Å². The van der Waals surface area contributed by atoms with Crippen molar-refractivity contribution in [3.8, 4) is 0 Å². The maximum atomic E-state index is 6.20. The summed E-state index contributed by atoms with van der Waals surface area (Å²) in [7, 11) is 0. The van der Waals surface area contributed by atoms with Crippen molar-refractivity contribution in [3.63, 3.8) is 0 Å². The molecule has 0 aliphatic carbocycles. The van der Waals surface area contributed by atoms with Crippen LogP contribution in [0.4, 0.5) is 5.69 Å². The lowest BCUT2D eigenvalue weighted by Crippen LogP contribution is -1.99. The van der Waals surface area contributed by atoms with Crippen molar-refractivity contribution in [1.29, 1.82) is 0 Å². The summed E-state index contributed by atoms with van der Waals surface area (Å²) >= 11 is 6.20. The topological polar surface area (TPSA) is 29.3 Å².